The van der Waals surface area contributed by atoms with E-state index in [0.29, 0.717) is 22.7 Å². The molecule has 0 radical (unpaired) electrons. The number of rotatable bonds is 9. The van der Waals surface area contributed by atoms with E-state index in [1.54, 1.807) is 28.4 Å². The first-order valence-corrected chi connectivity index (χ1v) is 17.4. The van der Waals surface area contributed by atoms with Crippen LogP contribution in [-0.2, 0) is 0 Å². The van der Waals surface area contributed by atoms with Gasteiger partial charge in [-0.05, 0) is 117 Å². The van der Waals surface area contributed by atoms with E-state index < -0.39 is 11.9 Å². The summed E-state index contributed by atoms with van der Waals surface area (Å²) in [5.41, 5.74) is 1.47. The Balaban J connectivity index is 1.17. The molecule has 11 heteroatoms. The summed E-state index contributed by atoms with van der Waals surface area (Å²) >= 11 is 0. The molecular formula is C36H54FN7O3. The third kappa shape index (κ3) is 7.82. The minimum absolute atomic E-state index is 0.0319. The molecular weight excluding hydrogens is 597 g/mol. The van der Waals surface area contributed by atoms with Gasteiger partial charge >= 0.3 is 6.09 Å². The fourth-order valence-corrected chi connectivity index (χ4v) is 8.30. The Morgan fingerprint density at radius 2 is 1.68 bits per heavy atom. The van der Waals surface area contributed by atoms with Crippen molar-refractivity contribution in [3.05, 3.63) is 42.1 Å². The van der Waals surface area contributed by atoms with E-state index in [4.69, 9.17) is 0 Å². The van der Waals surface area contributed by atoms with Crippen LogP contribution >= 0.6 is 0 Å². The summed E-state index contributed by atoms with van der Waals surface area (Å²) in [7, 11) is 0. The van der Waals surface area contributed by atoms with Crippen molar-refractivity contribution >= 4 is 29.2 Å². The van der Waals surface area contributed by atoms with Gasteiger partial charge in [-0.2, -0.15) is 0 Å². The predicted octanol–water partition coefficient (Wildman–Crippen LogP) is 6.86. The molecule has 1 saturated carbocycles. The smallest absolute Gasteiger partial charge is 0.407 e. The van der Waals surface area contributed by atoms with Crippen molar-refractivity contribution < 1.29 is 19.1 Å². The summed E-state index contributed by atoms with van der Waals surface area (Å²) in [6.07, 6.45) is 8.68. The number of carbonyl (C=O) groups excluding carboxylic acids is 1. The summed E-state index contributed by atoms with van der Waals surface area (Å²) in [5.74, 6) is 0.751. The zero-order valence-electron chi connectivity index (χ0n) is 29.3. The number of carboxylic acid groups (broad SMARTS) is 1. The Kier molecular flexibility index (Phi) is 10.3. The number of hydrogen-bond donors (Lipinski definition) is 2. The molecule has 5 rings (SSSR count). The second-order valence-electron chi connectivity index (χ2n) is 15.6. The molecule has 2 aromatic rings. The molecule has 3 fully saturated rings. The summed E-state index contributed by atoms with van der Waals surface area (Å²) in [5, 5.41) is 13.2. The van der Waals surface area contributed by atoms with Gasteiger partial charge < -0.3 is 30.0 Å². The van der Waals surface area contributed by atoms with Gasteiger partial charge in [-0.15, -0.1) is 0 Å². The number of amides is 2. The summed E-state index contributed by atoms with van der Waals surface area (Å²) in [6.45, 7) is 18.9. The summed E-state index contributed by atoms with van der Waals surface area (Å²) < 4.78 is 14.4. The molecule has 1 aliphatic carbocycles. The molecule has 2 amide bonds. The number of carbonyl (C=O) groups is 2. The Morgan fingerprint density at radius 3 is 2.26 bits per heavy atom. The second-order valence-corrected chi connectivity index (χ2v) is 15.6. The maximum Gasteiger partial charge on any atom is 0.407 e. The Labute approximate surface area is 279 Å². The minimum Gasteiger partial charge on any atom is -0.465 e. The first-order valence-electron chi connectivity index (χ1n) is 17.4. The van der Waals surface area contributed by atoms with Gasteiger partial charge in [0.05, 0.1) is 17.4 Å². The van der Waals surface area contributed by atoms with Crippen LogP contribution in [0, 0.1) is 17.2 Å². The maximum atomic E-state index is 14.4. The zero-order valence-corrected chi connectivity index (χ0v) is 29.3. The third-order valence-electron chi connectivity index (χ3n) is 10.4. The molecule has 2 aliphatic heterocycles. The number of nitrogens with one attached hydrogen (secondary N) is 1. The topological polar surface area (TPSA) is 105 Å². The van der Waals surface area contributed by atoms with Crippen LogP contribution in [-0.4, -0.2) is 98.2 Å². The van der Waals surface area contributed by atoms with Crippen molar-refractivity contribution in [2.45, 2.75) is 111 Å². The molecule has 0 bridgehead atoms. The highest BCUT2D eigenvalue weighted by Gasteiger charge is 2.46. The minimum atomic E-state index is -0.809. The van der Waals surface area contributed by atoms with Crippen LogP contribution in [0.5, 0.6) is 0 Å². The molecule has 0 unspecified atom stereocenters. The van der Waals surface area contributed by atoms with Gasteiger partial charge in [0.25, 0.3) is 5.91 Å². The number of aromatic nitrogens is 2. The van der Waals surface area contributed by atoms with Crippen LogP contribution in [0.1, 0.15) is 97.3 Å². The zero-order chi connectivity index (χ0) is 34.1. The van der Waals surface area contributed by atoms with Crippen LogP contribution < -0.4 is 10.2 Å². The first kappa shape index (κ1) is 34.9. The van der Waals surface area contributed by atoms with E-state index in [1.165, 1.54) is 12.1 Å². The first-order chi connectivity index (χ1) is 22.2. The SMILES string of the molecule is CC(C)N(C(=O)c1cc(F)ccc1Nc1cncnc1N1CCC2(CC1)CN(CC1CCC(N(C(=O)O)C(C)(C)C)CC1)C2)C(C)C. The second kappa shape index (κ2) is 13.9. The van der Waals surface area contributed by atoms with Gasteiger partial charge in [0.2, 0.25) is 0 Å². The third-order valence-corrected chi connectivity index (χ3v) is 10.4. The molecule has 0 atom stereocenters. The highest BCUT2D eigenvalue weighted by molar-refractivity contribution is 6.01. The molecule has 258 valence electrons. The standard InChI is InChI=1S/C36H54FN7O3/c1-24(2)43(25(3)4)33(45)29-18-27(37)10-13-30(29)40-31-19-38-23-39-32(31)42-16-14-36(15-17-42)21-41(22-36)20-26-8-11-28(12-9-26)44(34(46)47)35(5,6)7/h10,13,18-19,23-26,28,40H,8-9,11-12,14-17,20-22H2,1-7H3,(H,46,47). The Morgan fingerprint density at radius 1 is 1.04 bits per heavy atom. The largest absolute Gasteiger partial charge is 0.465 e. The lowest BCUT2D eigenvalue weighted by Crippen LogP contribution is -2.61. The number of likely N-dealkylation sites (tertiary alicyclic amines) is 1. The average Bonchev–Trinajstić information content (AvgIpc) is 2.97. The van der Waals surface area contributed by atoms with Crippen molar-refractivity contribution in [3.8, 4) is 0 Å². The van der Waals surface area contributed by atoms with E-state index >= 15 is 0 Å². The lowest BCUT2D eigenvalue weighted by Gasteiger charge is -2.55. The van der Waals surface area contributed by atoms with Crippen molar-refractivity contribution in [3.63, 3.8) is 0 Å². The molecule has 2 N–H and O–H groups in total. The molecule has 3 aliphatic rings. The van der Waals surface area contributed by atoms with E-state index in [1.807, 2.05) is 48.5 Å². The number of anilines is 3. The lowest BCUT2D eigenvalue weighted by atomic mass is 9.71. The molecule has 2 saturated heterocycles. The van der Waals surface area contributed by atoms with Gasteiger partial charge in [-0.25, -0.2) is 19.2 Å². The summed E-state index contributed by atoms with van der Waals surface area (Å²) in [6, 6.07) is 4.34. The number of hydrogen-bond acceptors (Lipinski definition) is 7. The predicted molar refractivity (Wildman–Crippen MR) is 184 cm³/mol. The highest BCUT2D eigenvalue weighted by Crippen LogP contribution is 2.43. The van der Waals surface area contributed by atoms with E-state index in [9.17, 15) is 19.1 Å². The van der Waals surface area contributed by atoms with Crippen molar-refractivity contribution in [2.75, 3.05) is 42.9 Å². The fourth-order valence-electron chi connectivity index (χ4n) is 8.30. The van der Waals surface area contributed by atoms with Crippen LogP contribution in [0.2, 0.25) is 0 Å². The molecule has 10 nitrogen and oxygen atoms in total. The van der Waals surface area contributed by atoms with Crippen LogP contribution in [0.25, 0.3) is 0 Å². The molecule has 1 aromatic carbocycles. The number of nitrogens with zero attached hydrogens (tertiary/aromatic N) is 6. The monoisotopic (exact) mass is 651 g/mol. The highest BCUT2D eigenvalue weighted by atomic mass is 19.1. The maximum absolute atomic E-state index is 14.4. The van der Waals surface area contributed by atoms with E-state index in [2.05, 4.69) is 25.1 Å². The lowest BCUT2D eigenvalue weighted by molar-refractivity contribution is -0.0339. The van der Waals surface area contributed by atoms with Gasteiger partial charge in [-0.1, -0.05) is 0 Å². The van der Waals surface area contributed by atoms with Crippen molar-refractivity contribution in [1.29, 1.82) is 0 Å². The number of piperidine rings is 1. The van der Waals surface area contributed by atoms with E-state index in [-0.39, 0.29) is 35.1 Å². The van der Waals surface area contributed by atoms with Crippen molar-refractivity contribution in [1.82, 2.24) is 24.7 Å². The Hall–Kier alpha value is -3.47. The van der Waals surface area contributed by atoms with Crippen molar-refractivity contribution in [2.24, 2.45) is 11.3 Å². The molecule has 1 aromatic heterocycles. The average molecular weight is 652 g/mol. The number of halogens is 1. The quantitative estimate of drug-likeness (QED) is 0.303. The van der Waals surface area contributed by atoms with Crippen LogP contribution in [0.15, 0.2) is 30.7 Å². The normalized spacial score (nSPS) is 21.5. The Bertz CT molecular complexity index is 1400. The van der Waals surface area contributed by atoms with Crippen LogP contribution in [0.3, 0.4) is 0 Å². The van der Waals surface area contributed by atoms with Gasteiger partial charge in [-0.3, -0.25) is 4.79 Å². The fraction of sp³-hybridized carbons (Fsp3) is 0.667. The van der Waals surface area contributed by atoms with Gasteiger partial charge in [0, 0.05) is 56.4 Å². The van der Waals surface area contributed by atoms with E-state index in [0.717, 1.165) is 77.1 Å². The van der Waals surface area contributed by atoms with Crippen LogP contribution in [0.4, 0.5) is 26.4 Å². The molecule has 3 heterocycles. The number of benzene rings is 1. The van der Waals surface area contributed by atoms with Gasteiger partial charge in [0.1, 0.15) is 17.8 Å². The summed E-state index contributed by atoms with van der Waals surface area (Å²) in [4.78, 5) is 42.8. The molecule has 1 spiro atoms. The molecule has 47 heavy (non-hydrogen) atoms. The van der Waals surface area contributed by atoms with Gasteiger partial charge in [0.15, 0.2) is 5.82 Å².